The van der Waals surface area contributed by atoms with Gasteiger partial charge in [0.05, 0.1) is 18.2 Å². The summed E-state index contributed by atoms with van der Waals surface area (Å²) in [6.07, 6.45) is 1.28. The monoisotopic (exact) mass is 258 g/mol. The zero-order valence-electron chi connectivity index (χ0n) is 9.91. The first-order valence-corrected chi connectivity index (χ1v) is 5.44. The van der Waals surface area contributed by atoms with Gasteiger partial charge < -0.3 is 14.0 Å². The fourth-order valence-electron chi connectivity index (χ4n) is 1.38. The molecule has 0 bridgehead atoms. The van der Waals surface area contributed by atoms with Crippen molar-refractivity contribution in [2.45, 2.75) is 6.61 Å². The number of esters is 1. The number of ether oxygens (including phenoxy) is 2. The Kier molecular flexibility index (Phi) is 4.26. The van der Waals surface area contributed by atoms with Gasteiger partial charge in [-0.1, -0.05) is 17.3 Å². The van der Waals surface area contributed by atoms with Crippen LogP contribution in [0.15, 0.2) is 41.1 Å². The summed E-state index contributed by atoms with van der Waals surface area (Å²) in [6, 6.07) is 10.4. The molecule has 0 aliphatic heterocycles. The van der Waals surface area contributed by atoms with Gasteiger partial charge in [0.2, 0.25) is 0 Å². The molecule has 0 spiro atoms. The molecule has 0 aliphatic rings. The average molecular weight is 258 g/mol. The van der Waals surface area contributed by atoms with E-state index in [4.69, 9.17) is 14.7 Å². The highest BCUT2D eigenvalue weighted by molar-refractivity contribution is 5.86. The Morgan fingerprint density at radius 1 is 1.42 bits per heavy atom. The lowest BCUT2D eigenvalue weighted by Gasteiger charge is -2.05. The zero-order valence-corrected chi connectivity index (χ0v) is 9.91. The highest BCUT2D eigenvalue weighted by Gasteiger charge is 2.09. The maximum atomic E-state index is 11.3. The van der Waals surface area contributed by atoms with Crippen molar-refractivity contribution in [2.75, 3.05) is 6.79 Å². The predicted octanol–water partition coefficient (Wildman–Crippen LogP) is 1.88. The Morgan fingerprint density at radius 2 is 2.32 bits per heavy atom. The Bertz CT molecular complexity index is 587. The Morgan fingerprint density at radius 3 is 3.05 bits per heavy atom. The molecule has 0 N–H and O–H groups in total. The van der Waals surface area contributed by atoms with Crippen molar-refractivity contribution >= 4 is 5.97 Å². The molecule has 2 aromatic rings. The molecule has 1 heterocycles. The molecule has 1 aromatic carbocycles. The third-order valence-electron chi connectivity index (χ3n) is 2.25. The Hall–Kier alpha value is -2.65. The van der Waals surface area contributed by atoms with E-state index in [9.17, 15) is 4.79 Å². The summed E-state index contributed by atoms with van der Waals surface area (Å²) in [5.74, 6) is -0.612. The SMILES string of the molecule is N#Cc1cccc(COCOC(=O)c2ccon2)c1. The molecule has 0 saturated heterocycles. The number of rotatable bonds is 5. The number of hydrogen-bond donors (Lipinski definition) is 0. The zero-order chi connectivity index (χ0) is 13.5. The molecule has 19 heavy (non-hydrogen) atoms. The first kappa shape index (κ1) is 12.8. The van der Waals surface area contributed by atoms with E-state index < -0.39 is 5.97 Å². The number of carbonyl (C=O) groups is 1. The minimum atomic E-state index is -0.612. The van der Waals surface area contributed by atoms with Crippen LogP contribution in [0.4, 0.5) is 0 Å². The van der Waals surface area contributed by atoms with Crippen LogP contribution in [0.1, 0.15) is 21.6 Å². The number of benzene rings is 1. The lowest BCUT2D eigenvalue weighted by molar-refractivity contribution is -0.0387. The van der Waals surface area contributed by atoms with E-state index in [0.717, 1.165) is 5.56 Å². The highest BCUT2D eigenvalue weighted by Crippen LogP contribution is 2.06. The summed E-state index contributed by atoms with van der Waals surface area (Å²) >= 11 is 0. The quantitative estimate of drug-likeness (QED) is 0.462. The third-order valence-corrected chi connectivity index (χ3v) is 2.25. The van der Waals surface area contributed by atoms with Crippen molar-refractivity contribution in [3.05, 3.63) is 53.4 Å². The van der Waals surface area contributed by atoms with Crippen LogP contribution in [0.5, 0.6) is 0 Å². The van der Waals surface area contributed by atoms with Crippen LogP contribution >= 0.6 is 0 Å². The number of aromatic nitrogens is 1. The standard InChI is InChI=1S/C13H10N2O4/c14-7-10-2-1-3-11(6-10)8-17-9-18-13(16)12-4-5-19-15-12/h1-6H,8-9H2. The molecule has 0 amide bonds. The average Bonchev–Trinajstić information content (AvgIpc) is 2.98. The fourth-order valence-corrected chi connectivity index (χ4v) is 1.38. The summed E-state index contributed by atoms with van der Waals surface area (Å²) in [5.41, 5.74) is 1.48. The largest absolute Gasteiger partial charge is 0.434 e. The van der Waals surface area contributed by atoms with Crippen molar-refractivity contribution in [1.82, 2.24) is 5.16 Å². The minimum Gasteiger partial charge on any atom is -0.434 e. The van der Waals surface area contributed by atoms with Crippen LogP contribution in [0, 0.1) is 11.3 Å². The van der Waals surface area contributed by atoms with Crippen LogP contribution in [-0.2, 0) is 16.1 Å². The molecular weight excluding hydrogens is 248 g/mol. The second-order valence-corrected chi connectivity index (χ2v) is 3.59. The summed E-state index contributed by atoms with van der Waals surface area (Å²) in [6.45, 7) is 0.0596. The molecule has 0 unspecified atom stereocenters. The first-order valence-electron chi connectivity index (χ1n) is 5.44. The minimum absolute atomic E-state index is 0.0927. The molecule has 6 heteroatoms. The Balaban J connectivity index is 1.75. The number of nitrogens with zero attached hydrogens (tertiary/aromatic N) is 2. The van der Waals surface area contributed by atoms with Crippen LogP contribution < -0.4 is 0 Å². The van der Waals surface area contributed by atoms with Gasteiger partial charge in [0.1, 0.15) is 6.26 Å². The molecule has 0 atom stereocenters. The first-order chi connectivity index (χ1) is 9.29. The van der Waals surface area contributed by atoms with Gasteiger partial charge in [0.15, 0.2) is 12.5 Å². The smallest absolute Gasteiger partial charge is 0.362 e. The second kappa shape index (κ2) is 6.33. The number of hydrogen-bond acceptors (Lipinski definition) is 6. The van der Waals surface area contributed by atoms with Crippen molar-refractivity contribution in [3.63, 3.8) is 0 Å². The van der Waals surface area contributed by atoms with Crippen molar-refractivity contribution < 1.29 is 18.8 Å². The summed E-state index contributed by atoms with van der Waals surface area (Å²) in [4.78, 5) is 11.3. The van der Waals surface area contributed by atoms with Gasteiger partial charge in [0, 0.05) is 6.07 Å². The fraction of sp³-hybridized carbons (Fsp3) is 0.154. The molecular formula is C13H10N2O4. The predicted molar refractivity (Wildman–Crippen MR) is 62.7 cm³/mol. The van der Waals surface area contributed by atoms with E-state index in [2.05, 4.69) is 9.68 Å². The second-order valence-electron chi connectivity index (χ2n) is 3.59. The molecule has 0 radical (unpaired) electrons. The van der Waals surface area contributed by atoms with Crippen LogP contribution in [0.2, 0.25) is 0 Å². The number of carbonyl (C=O) groups excluding carboxylic acids is 1. The van der Waals surface area contributed by atoms with Crippen LogP contribution in [0.3, 0.4) is 0 Å². The van der Waals surface area contributed by atoms with E-state index in [1.165, 1.54) is 12.3 Å². The van der Waals surface area contributed by atoms with Gasteiger partial charge in [-0.25, -0.2) is 4.79 Å². The van der Waals surface area contributed by atoms with E-state index in [1.54, 1.807) is 18.2 Å². The molecule has 6 nitrogen and oxygen atoms in total. The summed E-state index contributed by atoms with van der Waals surface area (Å²) < 4.78 is 14.5. The molecule has 96 valence electrons. The molecule has 0 fully saturated rings. The Labute approximate surface area is 109 Å². The van der Waals surface area contributed by atoms with E-state index in [-0.39, 0.29) is 19.1 Å². The van der Waals surface area contributed by atoms with Crippen molar-refractivity contribution in [3.8, 4) is 6.07 Å². The summed E-state index contributed by atoms with van der Waals surface area (Å²) in [5, 5.41) is 12.2. The van der Waals surface area contributed by atoms with E-state index in [1.807, 2.05) is 12.1 Å². The maximum Gasteiger partial charge on any atom is 0.362 e. The summed E-state index contributed by atoms with van der Waals surface area (Å²) in [7, 11) is 0. The lowest BCUT2D eigenvalue weighted by atomic mass is 10.1. The van der Waals surface area contributed by atoms with Crippen molar-refractivity contribution in [2.24, 2.45) is 0 Å². The molecule has 0 saturated carbocycles. The van der Waals surface area contributed by atoms with Gasteiger partial charge in [-0.05, 0) is 17.7 Å². The van der Waals surface area contributed by atoms with Gasteiger partial charge in [-0.3, -0.25) is 0 Å². The normalized spacial score (nSPS) is 9.84. The topological polar surface area (TPSA) is 85.4 Å². The van der Waals surface area contributed by atoms with Gasteiger partial charge in [-0.2, -0.15) is 5.26 Å². The molecule has 1 aromatic heterocycles. The number of nitriles is 1. The highest BCUT2D eigenvalue weighted by atomic mass is 16.7. The lowest BCUT2D eigenvalue weighted by Crippen LogP contribution is -2.09. The maximum absolute atomic E-state index is 11.3. The van der Waals surface area contributed by atoms with E-state index >= 15 is 0 Å². The molecule has 0 aliphatic carbocycles. The van der Waals surface area contributed by atoms with Gasteiger partial charge in [-0.15, -0.1) is 0 Å². The third kappa shape index (κ3) is 3.66. The van der Waals surface area contributed by atoms with Crippen LogP contribution in [-0.4, -0.2) is 17.9 Å². The van der Waals surface area contributed by atoms with Crippen molar-refractivity contribution in [1.29, 1.82) is 5.26 Å². The van der Waals surface area contributed by atoms with Crippen LogP contribution in [0.25, 0.3) is 0 Å². The van der Waals surface area contributed by atoms with Gasteiger partial charge >= 0.3 is 5.97 Å². The van der Waals surface area contributed by atoms with Gasteiger partial charge in [0.25, 0.3) is 0 Å². The van der Waals surface area contributed by atoms with E-state index in [0.29, 0.717) is 5.56 Å². The molecule has 2 rings (SSSR count).